The molecule has 0 aromatic heterocycles. The van der Waals surface area contributed by atoms with Crippen molar-refractivity contribution in [1.82, 2.24) is 10.2 Å². The molecule has 2 amide bonds. The third kappa shape index (κ3) is 3.95. The predicted octanol–water partition coefficient (Wildman–Crippen LogP) is 0.808. The lowest BCUT2D eigenvalue weighted by Gasteiger charge is -2.22. The Bertz CT molecular complexity index is 518. The molecule has 1 aliphatic heterocycles. The van der Waals surface area contributed by atoms with Gasteiger partial charge >= 0.3 is 0 Å². The van der Waals surface area contributed by atoms with E-state index in [-0.39, 0.29) is 17.9 Å². The van der Waals surface area contributed by atoms with Crippen LogP contribution in [0.3, 0.4) is 0 Å². The average molecular weight is 290 g/mol. The van der Waals surface area contributed by atoms with Gasteiger partial charge in [-0.2, -0.15) is 0 Å². The Labute approximate surface area is 124 Å². The Kier molecular flexibility index (Phi) is 5.16. The number of nitrogen functional groups attached to an aromatic ring is 1. The fraction of sp³-hybridized carbons (Fsp3) is 0.467. The number of rotatable bonds is 5. The normalized spacial score (nSPS) is 18.4. The van der Waals surface area contributed by atoms with Crippen LogP contribution in [0.15, 0.2) is 24.3 Å². The number of anilines is 2. The zero-order chi connectivity index (χ0) is 15.2. The molecule has 6 heteroatoms. The molecule has 114 valence electrons. The van der Waals surface area contributed by atoms with Crippen molar-refractivity contribution < 1.29 is 9.59 Å². The summed E-state index contributed by atoms with van der Waals surface area (Å²) in [5, 5.41) is 5.48. The molecular weight excluding hydrogens is 268 g/mol. The van der Waals surface area contributed by atoms with Crippen LogP contribution in [0.5, 0.6) is 0 Å². The lowest BCUT2D eigenvalue weighted by atomic mass is 10.2. The van der Waals surface area contributed by atoms with E-state index in [4.69, 9.17) is 5.73 Å². The van der Waals surface area contributed by atoms with Crippen molar-refractivity contribution in [2.45, 2.75) is 25.3 Å². The highest BCUT2D eigenvalue weighted by molar-refractivity contribution is 5.93. The standard InChI is InChI=1S/C15H22N4O2/c1-17-15(21)13-7-4-9-19(13)10-8-14(20)18-12-6-3-2-5-11(12)16/h2-3,5-6,13H,4,7-10,16H2,1H3,(H,17,21)(H,18,20). The summed E-state index contributed by atoms with van der Waals surface area (Å²) in [6.45, 7) is 1.44. The maximum Gasteiger partial charge on any atom is 0.237 e. The highest BCUT2D eigenvalue weighted by Gasteiger charge is 2.29. The van der Waals surface area contributed by atoms with Crippen LogP contribution in [-0.2, 0) is 9.59 Å². The summed E-state index contributed by atoms with van der Waals surface area (Å²) < 4.78 is 0. The minimum Gasteiger partial charge on any atom is -0.397 e. The molecular formula is C15H22N4O2. The van der Waals surface area contributed by atoms with Gasteiger partial charge in [0.1, 0.15) is 0 Å². The molecule has 0 radical (unpaired) electrons. The SMILES string of the molecule is CNC(=O)C1CCCN1CCC(=O)Nc1ccccc1N. The molecule has 1 atom stereocenters. The summed E-state index contributed by atoms with van der Waals surface area (Å²) in [7, 11) is 1.64. The van der Waals surface area contributed by atoms with E-state index in [0.29, 0.717) is 24.3 Å². The third-order valence-corrected chi connectivity index (χ3v) is 3.77. The first-order valence-electron chi connectivity index (χ1n) is 7.22. The van der Waals surface area contributed by atoms with Crippen molar-refractivity contribution in [3.05, 3.63) is 24.3 Å². The maximum absolute atomic E-state index is 12.0. The quantitative estimate of drug-likeness (QED) is 0.700. The van der Waals surface area contributed by atoms with E-state index in [1.807, 2.05) is 12.1 Å². The van der Waals surface area contributed by atoms with Crippen LogP contribution in [-0.4, -0.2) is 42.9 Å². The topological polar surface area (TPSA) is 87.5 Å². The molecule has 1 fully saturated rings. The number of para-hydroxylation sites is 2. The summed E-state index contributed by atoms with van der Waals surface area (Å²) in [4.78, 5) is 25.8. The number of hydrogen-bond acceptors (Lipinski definition) is 4. The zero-order valence-corrected chi connectivity index (χ0v) is 12.3. The van der Waals surface area contributed by atoms with Gasteiger partial charge in [0.2, 0.25) is 11.8 Å². The van der Waals surface area contributed by atoms with E-state index in [1.165, 1.54) is 0 Å². The molecule has 0 bridgehead atoms. The number of likely N-dealkylation sites (tertiary alicyclic amines) is 1. The summed E-state index contributed by atoms with van der Waals surface area (Å²) in [5.41, 5.74) is 6.97. The number of benzene rings is 1. The Morgan fingerprint density at radius 1 is 1.38 bits per heavy atom. The summed E-state index contributed by atoms with van der Waals surface area (Å²) in [6, 6.07) is 7.07. The first kappa shape index (κ1) is 15.3. The summed E-state index contributed by atoms with van der Waals surface area (Å²) >= 11 is 0. The van der Waals surface area contributed by atoms with Crippen molar-refractivity contribution >= 4 is 23.2 Å². The van der Waals surface area contributed by atoms with E-state index in [1.54, 1.807) is 19.2 Å². The lowest BCUT2D eigenvalue weighted by molar-refractivity contribution is -0.125. The second-order valence-corrected chi connectivity index (χ2v) is 5.19. The zero-order valence-electron chi connectivity index (χ0n) is 12.3. The van der Waals surface area contributed by atoms with Gasteiger partial charge in [-0.1, -0.05) is 12.1 Å². The van der Waals surface area contributed by atoms with Gasteiger partial charge < -0.3 is 16.4 Å². The van der Waals surface area contributed by atoms with Gasteiger partial charge in [0.05, 0.1) is 17.4 Å². The van der Waals surface area contributed by atoms with E-state index >= 15 is 0 Å². The molecule has 0 saturated carbocycles. The van der Waals surface area contributed by atoms with Gasteiger partial charge in [-0.05, 0) is 31.5 Å². The molecule has 1 aromatic rings. The largest absolute Gasteiger partial charge is 0.397 e. The van der Waals surface area contributed by atoms with Gasteiger partial charge in [0, 0.05) is 20.0 Å². The molecule has 1 aromatic carbocycles. The Hall–Kier alpha value is -2.08. The van der Waals surface area contributed by atoms with Crippen molar-refractivity contribution in [3.63, 3.8) is 0 Å². The summed E-state index contributed by atoms with van der Waals surface area (Å²) in [6.07, 6.45) is 2.19. The molecule has 0 aliphatic carbocycles. The molecule has 2 rings (SSSR count). The highest BCUT2D eigenvalue weighted by atomic mass is 16.2. The molecule has 1 saturated heterocycles. The van der Waals surface area contributed by atoms with Crippen LogP contribution in [0.4, 0.5) is 11.4 Å². The average Bonchev–Trinajstić information content (AvgIpc) is 2.95. The van der Waals surface area contributed by atoms with Gasteiger partial charge in [-0.15, -0.1) is 0 Å². The number of nitrogens with zero attached hydrogens (tertiary/aromatic N) is 1. The lowest BCUT2D eigenvalue weighted by Crippen LogP contribution is -2.42. The predicted molar refractivity (Wildman–Crippen MR) is 82.8 cm³/mol. The van der Waals surface area contributed by atoms with Gasteiger partial charge in [0.25, 0.3) is 0 Å². The van der Waals surface area contributed by atoms with Crippen LogP contribution < -0.4 is 16.4 Å². The van der Waals surface area contributed by atoms with Crippen molar-refractivity contribution in [3.8, 4) is 0 Å². The van der Waals surface area contributed by atoms with Crippen LogP contribution in [0.1, 0.15) is 19.3 Å². The van der Waals surface area contributed by atoms with Gasteiger partial charge in [-0.25, -0.2) is 0 Å². The molecule has 0 spiro atoms. The second kappa shape index (κ2) is 7.08. The fourth-order valence-corrected chi connectivity index (χ4v) is 2.63. The van der Waals surface area contributed by atoms with E-state index < -0.39 is 0 Å². The van der Waals surface area contributed by atoms with Crippen LogP contribution >= 0.6 is 0 Å². The minimum atomic E-state index is -0.107. The van der Waals surface area contributed by atoms with E-state index in [0.717, 1.165) is 19.4 Å². The Balaban J connectivity index is 1.84. The number of carbonyl (C=O) groups is 2. The van der Waals surface area contributed by atoms with Crippen molar-refractivity contribution in [2.75, 3.05) is 31.2 Å². The fourth-order valence-electron chi connectivity index (χ4n) is 2.63. The van der Waals surface area contributed by atoms with Gasteiger partial charge in [-0.3, -0.25) is 14.5 Å². The third-order valence-electron chi connectivity index (χ3n) is 3.77. The highest BCUT2D eigenvalue weighted by Crippen LogP contribution is 2.19. The number of likely N-dealkylation sites (N-methyl/N-ethyl adjacent to an activating group) is 1. The first-order valence-corrected chi connectivity index (χ1v) is 7.22. The molecule has 6 nitrogen and oxygen atoms in total. The Morgan fingerprint density at radius 2 is 2.14 bits per heavy atom. The molecule has 21 heavy (non-hydrogen) atoms. The van der Waals surface area contributed by atoms with Crippen LogP contribution in [0.25, 0.3) is 0 Å². The maximum atomic E-state index is 12.0. The summed E-state index contributed by atoms with van der Waals surface area (Å²) in [5.74, 6) is -0.0596. The molecule has 4 N–H and O–H groups in total. The van der Waals surface area contributed by atoms with Crippen LogP contribution in [0, 0.1) is 0 Å². The number of nitrogens with two attached hydrogens (primary N) is 1. The number of hydrogen-bond donors (Lipinski definition) is 3. The smallest absolute Gasteiger partial charge is 0.237 e. The minimum absolute atomic E-state index is 0.0280. The van der Waals surface area contributed by atoms with Crippen molar-refractivity contribution in [2.24, 2.45) is 0 Å². The van der Waals surface area contributed by atoms with Crippen molar-refractivity contribution in [1.29, 1.82) is 0 Å². The number of nitrogens with one attached hydrogen (secondary N) is 2. The number of carbonyl (C=O) groups excluding carboxylic acids is 2. The Morgan fingerprint density at radius 3 is 2.86 bits per heavy atom. The molecule has 1 heterocycles. The molecule has 1 unspecified atom stereocenters. The molecule has 1 aliphatic rings. The van der Waals surface area contributed by atoms with Gasteiger partial charge in [0.15, 0.2) is 0 Å². The number of amides is 2. The van der Waals surface area contributed by atoms with E-state index in [2.05, 4.69) is 15.5 Å². The van der Waals surface area contributed by atoms with Crippen LogP contribution in [0.2, 0.25) is 0 Å². The first-order chi connectivity index (χ1) is 10.1. The van der Waals surface area contributed by atoms with E-state index in [9.17, 15) is 9.59 Å². The second-order valence-electron chi connectivity index (χ2n) is 5.19. The monoisotopic (exact) mass is 290 g/mol.